The van der Waals surface area contributed by atoms with E-state index >= 15 is 0 Å². The number of benzene rings is 1. The zero-order valence-corrected chi connectivity index (χ0v) is 55.9. The van der Waals surface area contributed by atoms with Crippen molar-refractivity contribution in [1.29, 1.82) is 0 Å². The maximum atomic E-state index is 12.3. The van der Waals surface area contributed by atoms with Crippen LogP contribution in [-0.2, 0) is 87.1 Å². The topological polar surface area (TPSA) is 700 Å². The van der Waals surface area contributed by atoms with E-state index in [1.165, 1.54) is 12.1 Å². The molecule has 0 aliphatic carbocycles. The Morgan fingerprint density at radius 2 is 0.514 bits per heavy atom. The van der Waals surface area contributed by atoms with E-state index in [9.17, 15) is 137 Å². The number of carbonyl (C=O) groups excluding carboxylic acids is 2. The quantitative estimate of drug-likeness (QED) is 0.0383. The number of carbonyl (C=O) groups is 2. The van der Waals surface area contributed by atoms with E-state index in [4.69, 9.17) is 75.8 Å². The Labute approximate surface area is 594 Å². The predicted molar refractivity (Wildman–Crippen MR) is 324 cm³/mol. The van der Waals surface area contributed by atoms with Crippen LogP contribution in [0.1, 0.15) is 19.4 Å². The minimum atomic E-state index is -2.10. The molecule has 0 saturated carbocycles. The van der Waals surface area contributed by atoms with E-state index < -0.39 is 322 Å². The number of hydrogen-bond donors (Lipinski definition) is 26. The van der Waals surface area contributed by atoms with Crippen molar-refractivity contribution in [2.45, 2.75) is 272 Å². The van der Waals surface area contributed by atoms with Crippen LogP contribution in [-0.4, -0.2) is 444 Å². The third-order valence-electron chi connectivity index (χ3n) is 20.1. The Bertz CT molecular complexity index is 2920. The summed E-state index contributed by atoms with van der Waals surface area (Å²) in [6, 6.07) is 5.74. The molecule has 602 valence electrons. The van der Waals surface area contributed by atoms with Crippen molar-refractivity contribution in [3.05, 3.63) is 29.8 Å². The molecule has 1 aromatic rings. The van der Waals surface area contributed by atoms with E-state index in [0.29, 0.717) is 5.56 Å². The van der Waals surface area contributed by atoms with Gasteiger partial charge in [0, 0.05) is 6.04 Å². The number of amides is 1. The lowest BCUT2D eigenvalue weighted by atomic mass is 9.81. The fraction of sp³-hybridized carbons (Fsp3) is 0.869. The number of ether oxygens (including phenoxy) is 16. The summed E-state index contributed by atoms with van der Waals surface area (Å²) in [5.74, 6) is -1.12. The van der Waals surface area contributed by atoms with Gasteiger partial charge in [0.2, 0.25) is 12.1 Å². The molecule has 10 rings (SSSR count). The first kappa shape index (κ1) is 84.0. The summed E-state index contributed by atoms with van der Waals surface area (Å²) in [5, 5.41) is 270. The maximum absolute atomic E-state index is 12.3. The van der Waals surface area contributed by atoms with E-state index in [1.54, 1.807) is 26.0 Å². The smallest absolute Gasteiger partial charge is 0.288 e. The van der Waals surface area contributed by atoms with Gasteiger partial charge >= 0.3 is 0 Å². The van der Waals surface area contributed by atoms with Crippen LogP contribution in [0.5, 0.6) is 5.75 Å². The van der Waals surface area contributed by atoms with Crippen LogP contribution in [0.15, 0.2) is 24.3 Å². The van der Waals surface area contributed by atoms with E-state index in [1.807, 2.05) is 0 Å². The van der Waals surface area contributed by atoms with Crippen LogP contribution >= 0.6 is 0 Å². The highest BCUT2D eigenvalue weighted by atomic mass is 16.8. The van der Waals surface area contributed by atoms with Crippen LogP contribution in [0.4, 0.5) is 0 Å². The molecule has 9 heterocycles. The highest BCUT2D eigenvalue weighted by Crippen LogP contribution is 2.36. The van der Waals surface area contributed by atoms with Crippen molar-refractivity contribution in [1.82, 2.24) is 5.32 Å². The van der Waals surface area contributed by atoms with Gasteiger partial charge < -0.3 is 209 Å². The first-order valence-corrected chi connectivity index (χ1v) is 33.6. The van der Waals surface area contributed by atoms with Gasteiger partial charge in [-0.25, -0.2) is 0 Å². The molecule has 9 fully saturated rings. The van der Waals surface area contributed by atoms with E-state index in [0.717, 1.165) is 0 Å². The molecule has 0 aromatic heterocycles. The Kier molecular flexibility index (Phi) is 28.4. The molecule has 1 aromatic carbocycles. The summed E-state index contributed by atoms with van der Waals surface area (Å²) in [6.45, 7) is -3.27. The fourth-order valence-corrected chi connectivity index (χ4v) is 13.1. The monoisotopic (exact) mass is 1530 g/mol. The molecule has 0 spiro atoms. The molecule has 44 nitrogen and oxygen atoms in total. The van der Waals surface area contributed by atoms with Gasteiger partial charge in [0.1, 0.15) is 201 Å². The summed E-state index contributed by atoms with van der Waals surface area (Å²) in [5.41, 5.74) is -0.264. The summed E-state index contributed by atoms with van der Waals surface area (Å²) in [7, 11) is 0. The van der Waals surface area contributed by atoms with Crippen LogP contribution in [0, 0.1) is 5.41 Å². The van der Waals surface area contributed by atoms with Gasteiger partial charge in [0.25, 0.3) is 5.91 Å². The molecular weight excluding hydrogens is 1430 g/mol. The first-order chi connectivity index (χ1) is 49.5. The average molecular weight is 1530 g/mol. The summed E-state index contributed by atoms with van der Waals surface area (Å²) < 4.78 is 89.7. The van der Waals surface area contributed by atoms with Crippen LogP contribution in [0.2, 0.25) is 0 Å². The van der Waals surface area contributed by atoms with Gasteiger partial charge in [0.15, 0.2) is 44.0 Å². The molecule has 0 radical (unpaired) electrons. The van der Waals surface area contributed by atoms with Crippen molar-refractivity contribution < 1.29 is 213 Å². The van der Waals surface area contributed by atoms with Crippen molar-refractivity contribution in [3.8, 4) is 5.75 Å². The Morgan fingerprint density at radius 3 is 0.733 bits per heavy atom. The second-order valence-corrected chi connectivity index (χ2v) is 27.7. The molecule has 9 saturated heterocycles. The second-order valence-electron chi connectivity index (χ2n) is 27.7. The van der Waals surface area contributed by atoms with Gasteiger partial charge in [-0.2, -0.15) is 0 Å². The Hall–Kier alpha value is -3.44. The van der Waals surface area contributed by atoms with E-state index in [-0.39, 0.29) is 12.2 Å². The molecule has 0 bridgehead atoms. The first-order valence-electron chi connectivity index (χ1n) is 33.6. The molecule has 38 unspecified atom stereocenters. The average Bonchev–Trinajstić information content (AvgIpc) is 1.75. The number of aliphatic hydroxyl groups is 25. The number of aliphatic hydroxyl groups excluding tert-OH is 25. The van der Waals surface area contributed by atoms with E-state index in [2.05, 4.69) is 5.32 Å². The number of rotatable bonds is 26. The van der Waals surface area contributed by atoms with Crippen molar-refractivity contribution >= 4 is 11.7 Å². The number of nitrogens with one attached hydrogen (secondary N) is 1. The lowest BCUT2D eigenvalue weighted by Crippen LogP contribution is -2.63. The molecule has 41 atom stereocenters. The molecular formula is C61H95NO43. The molecule has 1 amide bonds. The minimum Gasteiger partial charge on any atom is -0.462 e. The SMILES string of the molecule is CC1(C)C(=O)C(=O)NC1Cc1ccc(OC2OC(COC3OC(COC4OC(COC5OC(COC6OC(COC7OC(COC8OC(COC9OC(CO)C(O)C(O)C9O)C(O)C(O)C8O)[C@@H](O)C(O)C7O)C(O)C(O)C6O)C(O)C(O)C5O)C(O)C(O)C4O)[C@@H](O)C(O)[C@H]3O)C(O)C(O)C2O)cc1. The van der Waals surface area contributed by atoms with Crippen molar-refractivity contribution in [3.63, 3.8) is 0 Å². The van der Waals surface area contributed by atoms with Crippen LogP contribution < -0.4 is 10.1 Å². The third kappa shape index (κ3) is 18.2. The Balaban J connectivity index is 0.682. The fourth-order valence-electron chi connectivity index (χ4n) is 13.1. The summed E-state index contributed by atoms with van der Waals surface area (Å²) in [6.07, 6.45) is -75.0. The van der Waals surface area contributed by atoms with Gasteiger partial charge in [-0.1, -0.05) is 26.0 Å². The largest absolute Gasteiger partial charge is 0.462 e. The standard InChI is InChI=1S/C61H95NO43/c1-61(2)26(62-52(89)51(61)88)7-16-3-5-17(6-4-16)97-60-50(87)42(79)34(71)25(105-60)15-96-59-49(86)41(78)33(70)24(104-59)14-95-58-48(85)40(77)32(69)23(103-58)13-94-57-47(84)39(76)31(68)22(102-57)12-93-56-46(83)38(75)30(67)21(101-56)11-92-55-45(82)37(74)29(66)20(100-55)10-91-54-44(81)36(73)28(65)19(99-54)9-90-53-43(80)35(72)27(64)18(8-63)98-53/h3-6,18-50,53-60,63-87H,7-15H2,1-2H3,(H,62,89)/t18?,19?,20?,21?,22?,23?,24?,25?,26?,27?,28?,29-,30?,31?,32?,33-,34?,35?,36?,37?,38?,39?,40?,41?,42?,43?,44?,45?,46?,47?,48?,49-,50?,53?,54?,55?,56?,57?,58?,59?,60?/m1/s1. The summed E-state index contributed by atoms with van der Waals surface area (Å²) >= 11 is 0. The lowest BCUT2D eigenvalue weighted by molar-refractivity contribution is -0.354. The molecule has 26 N–H and O–H groups in total. The molecule has 9 aliphatic heterocycles. The number of hydrogen-bond acceptors (Lipinski definition) is 43. The number of ketones is 1. The maximum Gasteiger partial charge on any atom is 0.288 e. The van der Waals surface area contributed by atoms with Crippen LogP contribution in [0.3, 0.4) is 0 Å². The van der Waals surface area contributed by atoms with Crippen molar-refractivity contribution in [2.24, 2.45) is 5.41 Å². The minimum absolute atomic E-state index is 0.122. The third-order valence-corrected chi connectivity index (χ3v) is 20.1. The zero-order valence-electron chi connectivity index (χ0n) is 55.9. The highest BCUT2D eigenvalue weighted by Gasteiger charge is 2.56. The van der Waals surface area contributed by atoms with Gasteiger partial charge in [-0.05, 0) is 24.1 Å². The summed E-state index contributed by atoms with van der Waals surface area (Å²) in [4.78, 5) is 24.3. The zero-order chi connectivity index (χ0) is 76.7. The Morgan fingerprint density at radius 1 is 0.305 bits per heavy atom. The van der Waals surface area contributed by atoms with Gasteiger partial charge in [-0.15, -0.1) is 0 Å². The number of Topliss-reactive ketones (excluding diaryl/α,β-unsaturated/α-hetero) is 1. The van der Waals surface area contributed by atoms with Gasteiger partial charge in [0.05, 0.1) is 58.3 Å². The second kappa shape index (κ2) is 35.5. The lowest BCUT2D eigenvalue weighted by Gasteiger charge is -2.45. The predicted octanol–water partition coefficient (Wildman–Crippen LogP) is -16.7. The normalized spacial score (nSPS) is 49.1. The van der Waals surface area contributed by atoms with Crippen molar-refractivity contribution in [2.75, 3.05) is 52.9 Å². The van der Waals surface area contributed by atoms with Gasteiger partial charge in [-0.3, -0.25) is 9.59 Å². The molecule has 44 heteroatoms. The van der Waals surface area contributed by atoms with Crippen LogP contribution in [0.25, 0.3) is 0 Å². The molecule has 105 heavy (non-hydrogen) atoms. The molecule has 9 aliphatic rings. The highest BCUT2D eigenvalue weighted by molar-refractivity contribution is 6.40.